The SMILES string of the molecule is O=C(NC(c1cccc2ccccc12)C(Cl)(Cl)[N+](=O)[O-])OCc1ccccc1. The van der Waals surface area contributed by atoms with Gasteiger partial charge in [0.05, 0.1) is 4.92 Å². The lowest BCUT2D eigenvalue weighted by atomic mass is 9.98. The van der Waals surface area contributed by atoms with Crippen LogP contribution in [0, 0.1) is 10.1 Å². The zero-order valence-electron chi connectivity index (χ0n) is 14.5. The topological polar surface area (TPSA) is 81.5 Å². The lowest BCUT2D eigenvalue weighted by Crippen LogP contribution is -2.44. The van der Waals surface area contributed by atoms with Crippen molar-refractivity contribution in [1.82, 2.24) is 5.32 Å². The maximum atomic E-state index is 12.3. The minimum absolute atomic E-state index is 0.00493. The zero-order chi connectivity index (χ0) is 20.1. The molecule has 0 spiro atoms. The summed E-state index contributed by atoms with van der Waals surface area (Å²) in [5.74, 6) is 0. The summed E-state index contributed by atoms with van der Waals surface area (Å²) in [5.41, 5.74) is 1.19. The van der Waals surface area contributed by atoms with Crippen LogP contribution in [-0.4, -0.2) is 15.5 Å². The molecule has 6 nitrogen and oxygen atoms in total. The van der Waals surface area contributed by atoms with Crippen LogP contribution in [0.25, 0.3) is 10.8 Å². The molecule has 1 atom stereocenters. The van der Waals surface area contributed by atoms with E-state index in [1.54, 1.807) is 36.4 Å². The highest BCUT2D eigenvalue weighted by Gasteiger charge is 2.50. The predicted molar refractivity (Wildman–Crippen MR) is 108 cm³/mol. The number of amides is 1. The van der Waals surface area contributed by atoms with Gasteiger partial charge in [-0.25, -0.2) is 4.79 Å². The number of fused-ring (bicyclic) bond motifs is 1. The maximum Gasteiger partial charge on any atom is 0.408 e. The van der Waals surface area contributed by atoms with Crippen molar-refractivity contribution in [2.24, 2.45) is 0 Å². The lowest BCUT2D eigenvalue weighted by Gasteiger charge is -2.25. The van der Waals surface area contributed by atoms with Crippen molar-refractivity contribution < 1.29 is 14.5 Å². The van der Waals surface area contributed by atoms with Crippen LogP contribution in [0.5, 0.6) is 0 Å². The second-order valence-corrected chi connectivity index (χ2v) is 7.40. The van der Waals surface area contributed by atoms with Gasteiger partial charge in [0.1, 0.15) is 6.61 Å². The van der Waals surface area contributed by atoms with Crippen LogP contribution in [0.4, 0.5) is 4.79 Å². The first-order valence-electron chi connectivity index (χ1n) is 8.37. The summed E-state index contributed by atoms with van der Waals surface area (Å²) in [6.07, 6.45) is -0.866. The fraction of sp³-hybridized carbons (Fsp3) is 0.150. The van der Waals surface area contributed by atoms with E-state index in [1.807, 2.05) is 36.4 Å². The first kappa shape index (κ1) is 19.9. The number of nitrogens with zero attached hydrogens (tertiary/aromatic N) is 1. The monoisotopic (exact) mass is 418 g/mol. The summed E-state index contributed by atoms with van der Waals surface area (Å²) < 4.78 is 2.69. The van der Waals surface area contributed by atoms with Crippen LogP contribution >= 0.6 is 23.2 Å². The number of hydrogen-bond donors (Lipinski definition) is 1. The van der Waals surface area contributed by atoms with Crippen molar-refractivity contribution in [1.29, 1.82) is 0 Å². The molecule has 1 amide bonds. The van der Waals surface area contributed by atoms with Gasteiger partial charge in [0.25, 0.3) is 0 Å². The Labute approximate surface area is 171 Å². The van der Waals surface area contributed by atoms with Gasteiger partial charge < -0.3 is 10.1 Å². The molecule has 0 bridgehead atoms. The molecule has 0 aliphatic rings. The highest BCUT2D eigenvalue weighted by Crippen LogP contribution is 2.39. The Kier molecular flexibility index (Phi) is 6.02. The van der Waals surface area contributed by atoms with Gasteiger partial charge in [-0.05, 0) is 45.1 Å². The van der Waals surface area contributed by atoms with Gasteiger partial charge in [0.2, 0.25) is 0 Å². The van der Waals surface area contributed by atoms with Crippen molar-refractivity contribution in [3.63, 3.8) is 0 Å². The molecule has 8 heteroatoms. The van der Waals surface area contributed by atoms with Crippen molar-refractivity contribution in [2.75, 3.05) is 0 Å². The molecule has 0 fully saturated rings. The van der Waals surface area contributed by atoms with Gasteiger partial charge in [-0.2, -0.15) is 0 Å². The van der Waals surface area contributed by atoms with E-state index >= 15 is 0 Å². The molecule has 1 unspecified atom stereocenters. The predicted octanol–water partition coefficient (Wildman–Crippen LogP) is 5.22. The molecule has 28 heavy (non-hydrogen) atoms. The second-order valence-electron chi connectivity index (χ2n) is 6.05. The first-order chi connectivity index (χ1) is 13.4. The van der Waals surface area contributed by atoms with E-state index in [0.717, 1.165) is 10.9 Å². The van der Waals surface area contributed by atoms with Gasteiger partial charge in [-0.1, -0.05) is 72.8 Å². The van der Waals surface area contributed by atoms with Crippen molar-refractivity contribution in [3.05, 3.63) is 94.0 Å². The number of halogens is 2. The Morgan fingerprint density at radius 3 is 2.39 bits per heavy atom. The third-order valence-electron chi connectivity index (χ3n) is 4.20. The number of ether oxygens (including phenoxy) is 1. The van der Waals surface area contributed by atoms with Crippen LogP contribution in [-0.2, 0) is 11.3 Å². The Bertz CT molecular complexity index is 990. The van der Waals surface area contributed by atoms with Crippen molar-refractivity contribution >= 4 is 40.1 Å². The number of nitrogens with one attached hydrogen (secondary N) is 1. The number of carbonyl (C=O) groups is 1. The molecule has 3 aromatic carbocycles. The standard InChI is InChI=1S/C20H16Cl2N2O4/c21-20(22,24(26)27)18(17-12-6-10-15-9-4-5-11-16(15)17)23-19(25)28-13-14-7-2-1-3-8-14/h1-12,18H,13H2,(H,23,25). The summed E-state index contributed by atoms with van der Waals surface area (Å²) in [4.78, 5) is 23.0. The van der Waals surface area contributed by atoms with Crippen LogP contribution in [0.15, 0.2) is 72.8 Å². The largest absolute Gasteiger partial charge is 0.445 e. The van der Waals surface area contributed by atoms with Crippen LogP contribution in [0.2, 0.25) is 0 Å². The van der Waals surface area contributed by atoms with E-state index in [2.05, 4.69) is 5.32 Å². The molecule has 0 aliphatic heterocycles. The molecule has 3 aromatic rings. The molecule has 0 saturated heterocycles. The molecular weight excluding hydrogens is 403 g/mol. The number of rotatable bonds is 6. The Morgan fingerprint density at radius 1 is 1.04 bits per heavy atom. The molecule has 0 aromatic heterocycles. The number of carbonyl (C=O) groups excluding carboxylic acids is 1. The van der Waals surface area contributed by atoms with Gasteiger partial charge >= 0.3 is 10.6 Å². The minimum Gasteiger partial charge on any atom is -0.445 e. The summed E-state index contributed by atoms with van der Waals surface area (Å²) in [7, 11) is 0. The highest BCUT2D eigenvalue weighted by atomic mass is 35.5. The number of alkyl carbamates (subject to hydrolysis) is 1. The molecule has 0 aliphatic carbocycles. The van der Waals surface area contributed by atoms with E-state index in [1.165, 1.54) is 0 Å². The van der Waals surface area contributed by atoms with Gasteiger partial charge in [-0.15, -0.1) is 0 Å². The fourth-order valence-corrected chi connectivity index (χ4v) is 3.19. The molecule has 0 radical (unpaired) electrons. The second kappa shape index (κ2) is 8.46. The van der Waals surface area contributed by atoms with E-state index in [-0.39, 0.29) is 6.61 Å². The summed E-state index contributed by atoms with van der Waals surface area (Å²) in [5, 5.41) is 15.4. The molecular formula is C20H16Cl2N2O4. The summed E-state index contributed by atoms with van der Waals surface area (Å²) in [6.45, 7) is 0.00493. The van der Waals surface area contributed by atoms with Crippen LogP contribution in [0.3, 0.4) is 0 Å². The third-order valence-corrected chi connectivity index (χ3v) is 4.91. The number of hydrogen-bond acceptors (Lipinski definition) is 4. The summed E-state index contributed by atoms with van der Waals surface area (Å²) in [6, 6.07) is 20.1. The molecule has 144 valence electrons. The Hall–Kier alpha value is -2.83. The van der Waals surface area contributed by atoms with Crippen LogP contribution < -0.4 is 5.32 Å². The normalized spacial score (nSPS) is 12.4. The van der Waals surface area contributed by atoms with E-state index < -0.39 is 21.5 Å². The Morgan fingerprint density at radius 2 is 1.68 bits per heavy atom. The smallest absolute Gasteiger partial charge is 0.408 e. The lowest BCUT2D eigenvalue weighted by molar-refractivity contribution is -0.521. The highest BCUT2D eigenvalue weighted by molar-refractivity contribution is 6.47. The Balaban J connectivity index is 1.89. The van der Waals surface area contributed by atoms with Gasteiger partial charge in [-0.3, -0.25) is 10.1 Å². The van der Waals surface area contributed by atoms with E-state index in [0.29, 0.717) is 10.9 Å². The average Bonchev–Trinajstić information content (AvgIpc) is 2.70. The molecule has 0 heterocycles. The van der Waals surface area contributed by atoms with E-state index in [4.69, 9.17) is 27.9 Å². The average molecular weight is 419 g/mol. The van der Waals surface area contributed by atoms with Gasteiger partial charge in [0, 0.05) is 0 Å². The maximum absolute atomic E-state index is 12.3. The molecule has 3 rings (SSSR count). The third kappa shape index (κ3) is 4.35. The minimum atomic E-state index is -2.49. The number of alkyl halides is 2. The zero-order valence-corrected chi connectivity index (χ0v) is 16.1. The molecule has 0 saturated carbocycles. The quantitative estimate of drug-likeness (QED) is 0.257. The van der Waals surface area contributed by atoms with Crippen LogP contribution in [0.1, 0.15) is 17.2 Å². The number of benzene rings is 3. The molecule has 1 N–H and O–H groups in total. The fourth-order valence-electron chi connectivity index (χ4n) is 2.84. The van der Waals surface area contributed by atoms with Crippen molar-refractivity contribution in [2.45, 2.75) is 17.1 Å². The summed E-state index contributed by atoms with van der Waals surface area (Å²) >= 11 is 12.1. The number of nitro groups is 1. The van der Waals surface area contributed by atoms with E-state index in [9.17, 15) is 14.9 Å². The van der Waals surface area contributed by atoms with Gasteiger partial charge in [0.15, 0.2) is 6.04 Å². The van der Waals surface area contributed by atoms with Crippen molar-refractivity contribution in [3.8, 4) is 0 Å². The first-order valence-corrected chi connectivity index (χ1v) is 9.12.